The van der Waals surface area contributed by atoms with Gasteiger partial charge in [-0.3, -0.25) is 9.59 Å². The summed E-state index contributed by atoms with van der Waals surface area (Å²) in [6, 6.07) is 8.55. The van der Waals surface area contributed by atoms with Gasteiger partial charge in [0.1, 0.15) is 27.8 Å². The van der Waals surface area contributed by atoms with Crippen LogP contribution < -0.4 is 24.3 Å². The number of ether oxygens (including phenoxy) is 5. The van der Waals surface area contributed by atoms with Crippen LogP contribution >= 0.6 is 11.6 Å². The molecule has 1 spiro atoms. The Labute approximate surface area is 230 Å². The van der Waals surface area contributed by atoms with Crippen molar-refractivity contribution in [1.82, 2.24) is 5.32 Å². The van der Waals surface area contributed by atoms with E-state index in [9.17, 15) is 14.4 Å². The second-order valence-corrected chi connectivity index (χ2v) is 10.0. The Hall–Kier alpha value is -3.98. The predicted molar refractivity (Wildman–Crippen MR) is 142 cm³/mol. The van der Waals surface area contributed by atoms with Crippen LogP contribution in [0.1, 0.15) is 42.1 Å². The number of hydrogen-bond donors (Lipinski definition) is 1. The maximum absolute atomic E-state index is 14.7. The maximum atomic E-state index is 14.7. The van der Waals surface area contributed by atoms with Crippen molar-refractivity contribution in [2.75, 3.05) is 28.4 Å². The highest BCUT2D eigenvalue weighted by molar-refractivity contribution is 6.36. The first kappa shape index (κ1) is 26.6. The molecule has 0 radical (unpaired) electrons. The van der Waals surface area contributed by atoms with E-state index in [1.54, 1.807) is 45.2 Å². The third-order valence-corrected chi connectivity index (χ3v) is 8.06. The molecule has 5 rings (SSSR count). The Morgan fingerprint density at radius 1 is 1.03 bits per heavy atom. The van der Waals surface area contributed by atoms with Crippen molar-refractivity contribution < 1.29 is 38.1 Å². The van der Waals surface area contributed by atoms with Gasteiger partial charge in [-0.25, -0.2) is 4.79 Å². The lowest BCUT2D eigenvalue weighted by molar-refractivity contribution is -0.136. The van der Waals surface area contributed by atoms with Crippen molar-refractivity contribution in [2.24, 2.45) is 5.92 Å². The summed E-state index contributed by atoms with van der Waals surface area (Å²) in [5.41, 5.74) is 0.525. The fraction of sp³-hybridized carbons (Fsp3) is 0.345. The van der Waals surface area contributed by atoms with Crippen LogP contribution in [-0.4, -0.2) is 51.6 Å². The van der Waals surface area contributed by atoms with E-state index in [1.807, 2.05) is 0 Å². The number of halogens is 1. The summed E-state index contributed by atoms with van der Waals surface area (Å²) >= 11 is 6.57. The number of carbonyl (C=O) groups excluding carboxylic acids is 3. The summed E-state index contributed by atoms with van der Waals surface area (Å²) < 4.78 is 27.5. The molecule has 2 aromatic rings. The highest BCUT2D eigenvalue weighted by Gasteiger charge is 2.63. The monoisotopic (exact) mass is 553 g/mol. The Bertz CT molecular complexity index is 1480. The molecule has 3 atom stereocenters. The van der Waals surface area contributed by atoms with Crippen LogP contribution in [0, 0.1) is 5.92 Å². The van der Waals surface area contributed by atoms with E-state index in [-0.39, 0.29) is 39.0 Å². The van der Waals surface area contributed by atoms with Crippen LogP contribution in [-0.2, 0) is 14.3 Å². The molecule has 0 bridgehead atoms. The number of ketones is 2. The topological polar surface area (TPSA) is 109 Å². The van der Waals surface area contributed by atoms with Gasteiger partial charge in [-0.15, -0.1) is 0 Å². The Morgan fingerprint density at radius 3 is 2.28 bits per heavy atom. The number of fused-ring (bicyclic) bond motifs is 1. The molecule has 2 aromatic carbocycles. The SMILES string of the molecule is COC(=O)C1=C(C)NC2=C(C(=O)[C@@]3(Oc4c(Cl)c(OC)cc(OC)c4C3=O)[C@H](C)C2)[C@@H]1c1ccc(OC)cc1. The number of methoxy groups -OCH3 is 4. The van der Waals surface area contributed by atoms with Crippen LogP contribution in [0.4, 0.5) is 0 Å². The van der Waals surface area contributed by atoms with Gasteiger partial charge in [0.2, 0.25) is 17.2 Å². The van der Waals surface area contributed by atoms with Crippen LogP contribution in [0.2, 0.25) is 5.02 Å². The van der Waals surface area contributed by atoms with E-state index < -0.39 is 35.0 Å². The van der Waals surface area contributed by atoms with Crippen LogP contribution in [0.3, 0.4) is 0 Å². The maximum Gasteiger partial charge on any atom is 0.336 e. The summed E-state index contributed by atoms with van der Waals surface area (Å²) in [7, 11) is 5.68. The summed E-state index contributed by atoms with van der Waals surface area (Å²) in [4.78, 5) is 41.9. The molecule has 0 fully saturated rings. The number of Topliss-reactive ketones (excluding diaryl/α,β-unsaturated/α-hetero) is 2. The molecule has 0 unspecified atom stereocenters. The van der Waals surface area contributed by atoms with E-state index in [1.165, 1.54) is 27.4 Å². The number of dihydropyridines is 1. The number of benzene rings is 2. The second-order valence-electron chi connectivity index (χ2n) is 9.65. The van der Waals surface area contributed by atoms with Crippen LogP contribution in [0.25, 0.3) is 0 Å². The fourth-order valence-electron chi connectivity index (χ4n) is 5.78. The van der Waals surface area contributed by atoms with Gasteiger partial charge in [0.15, 0.2) is 5.75 Å². The highest BCUT2D eigenvalue weighted by atomic mass is 35.5. The molecule has 10 heteroatoms. The average Bonchev–Trinajstić information content (AvgIpc) is 3.26. The quantitative estimate of drug-likeness (QED) is 0.426. The molecule has 39 heavy (non-hydrogen) atoms. The molecular formula is C29H28ClNO8. The van der Waals surface area contributed by atoms with Crippen molar-refractivity contribution in [3.05, 3.63) is 69.0 Å². The van der Waals surface area contributed by atoms with Crippen molar-refractivity contribution in [3.8, 4) is 23.0 Å². The molecule has 204 valence electrons. The van der Waals surface area contributed by atoms with E-state index in [0.717, 1.165) is 0 Å². The Morgan fingerprint density at radius 2 is 1.69 bits per heavy atom. The first-order valence-electron chi connectivity index (χ1n) is 12.3. The molecule has 2 aliphatic heterocycles. The second kappa shape index (κ2) is 9.64. The fourth-order valence-corrected chi connectivity index (χ4v) is 6.05. The van der Waals surface area contributed by atoms with Gasteiger partial charge in [0, 0.05) is 34.9 Å². The summed E-state index contributed by atoms with van der Waals surface area (Å²) in [6.07, 6.45) is 0.302. The summed E-state index contributed by atoms with van der Waals surface area (Å²) in [6.45, 7) is 3.54. The van der Waals surface area contributed by atoms with E-state index >= 15 is 0 Å². The lowest BCUT2D eigenvalue weighted by atomic mass is 9.65. The first-order chi connectivity index (χ1) is 18.6. The van der Waals surface area contributed by atoms with Gasteiger partial charge < -0.3 is 29.0 Å². The van der Waals surface area contributed by atoms with Crippen molar-refractivity contribution in [3.63, 3.8) is 0 Å². The standard InChI is InChI=1S/C29H28ClNO8/c1-13-11-17-22(21(15-7-9-16(35-3)10-8-15)20(14(2)31-17)28(34)38-6)26(32)29(13)27(33)23-18(36-4)12-19(37-5)24(30)25(23)39-29/h7-10,12-13,21,31H,11H2,1-6H3/t13-,21-,29+/m1/s1. The number of carbonyl (C=O) groups is 3. The normalized spacial score (nSPS) is 23.7. The third-order valence-electron chi connectivity index (χ3n) is 7.70. The van der Waals surface area contributed by atoms with Gasteiger partial charge >= 0.3 is 5.97 Å². The molecule has 9 nitrogen and oxygen atoms in total. The van der Waals surface area contributed by atoms with Gasteiger partial charge in [-0.05, 0) is 31.0 Å². The molecule has 0 amide bonds. The largest absolute Gasteiger partial charge is 0.497 e. The lowest BCUT2D eigenvalue weighted by Gasteiger charge is -2.42. The minimum absolute atomic E-state index is 0.0341. The number of hydrogen-bond acceptors (Lipinski definition) is 9. The molecule has 0 saturated carbocycles. The smallest absolute Gasteiger partial charge is 0.336 e. The summed E-state index contributed by atoms with van der Waals surface area (Å²) in [5, 5.41) is 3.30. The average molecular weight is 554 g/mol. The molecule has 1 aliphatic carbocycles. The van der Waals surface area contributed by atoms with Crippen LogP contribution in [0.15, 0.2) is 52.9 Å². The number of nitrogens with one attached hydrogen (secondary N) is 1. The van der Waals surface area contributed by atoms with Gasteiger partial charge in [0.25, 0.3) is 0 Å². The van der Waals surface area contributed by atoms with Gasteiger partial charge in [0.05, 0.1) is 34.0 Å². The summed E-state index contributed by atoms with van der Waals surface area (Å²) in [5.74, 6) is -2.02. The zero-order valence-corrected chi connectivity index (χ0v) is 23.1. The first-order valence-corrected chi connectivity index (χ1v) is 12.7. The number of allylic oxidation sites excluding steroid dienone is 2. The predicted octanol–water partition coefficient (Wildman–Crippen LogP) is 4.38. The number of esters is 1. The van der Waals surface area contributed by atoms with Crippen molar-refractivity contribution in [2.45, 2.75) is 31.8 Å². The Balaban J connectivity index is 1.71. The number of rotatable bonds is 5. The molecule has 0 saturated heterocycles. The minimum atomic E-state index is -1.91. The van der Waals surface area contributed by atoms with E-state index in [4.69, 9.17) is 35.3 Å². The zero-order chi connectivity index (χ0) is 28.2. The molecule has 0 aromatic heterocycles. The molecule has 2 heterocycles. The zero-order valence-electron chi connectivity index (χ0n) is 22.4. The molecular weight excluding hydrogens is 526 g/mol. The van der Waals surface area contributed by atoms with Gasteiger partial charge in [-0.1, -0.05) is 30.7 Å². The van der Waals surface area contributed by atoms with E-state index in [0.29, 0.717) is 29.1 Å². The Kier molecular flexibility index (Phi) is 6.58. The van der Waals surface area contributed by atoms with Crippen molar-refractivity contribution >= 4 is 29.1 Å². The highest BCUT2D eigenvalue weighted by Crippen LogP contribution is 2.56. The van der Waals surface area contributed by atoms with Crippen LogP contribution in [0.5, 0.6) is 23.0 Å². The molecule has 3 aliphatic rings. The third kappa shape index (κ3) is 3.71. The molecule has 1 N–H and O–H groups in total. The van der Waals surface area contributed by atoms with Crippen molar-refractivity contribution in [1.29, 1.82) is 0 Å². The lowest BCUT2D eigenvalue weighted by Crippen LogP contribution is -2.58. The minimum Gasteiger partial charge on any atom is -0.497 e. The van der Waals surface area contributed by atoms with Gasteiger partial charge in [-0.2, -0.15) is 0 Å². The van der Waals surface area contributed by atoms with E-state index in [2.05, 4.69) is 5.32 Å².